The highest BCUT2D eigenvalue weighted by molar-refractivity contribution is 6.10. The third-order valence-electron chi connectivity index (χ3n) is 10.6. The third kappa shape index (κ3) is 9.53. The highest BCUT2D eigenvalue weighted by Gasteiger charge is 2.22. The third-order valence-corrected chi connectivity index (χ3v) is 10.6. The lowest BCUT2D eigenvalue weighted by molar-refractivity contribution is -0.130. The molecule has 0 aromatic heterocycles. The molecule has 0 amide bonds. The van der Waals surface area contributed by atoms with Gasteiger partial charge in [-0.2, -0.15) is 10.5 Å². The van der Waals surface area contributed by atoms with Crippen LogP contribution in [0.15, 0.2) is 181 Å². The van der Waals surface area contributed by atoms with Crippen LogP contribution in [-0.4, -0.2) is 18.7 Å². The van der Waals surface area contributed by atoms with Crippen LogP contribution in [0.25, 0.3) is 44.8 Å². The van der Waals surface area contributed by atoms with Crippen molar-refractivity contribution in [2.45, 2.75) is 13.2 Å². The minimum Gasteiger partial charge on any atom is -0.489 e. The average Bonchev–Trinajstić information content (AvgIpc) is 3.54. The Morgan fingerprint density at radius 3 is 1.31 bits per heavy atom. The number of nitriles is 2. The van der Waals surface area contributed by atoms with E-state index >= 15 is 0 Å². The van der Waals surface area contributed by atoms with Gasteiger partial charge in [0, 0.05) is 11.1 Å². The van der Waals surface area contributed by atoms with Crippen LogP contribution in [0.1, 0.15) is 22.3 Å². The fourth-order valence-corrected chi connectivity index (χ4v) is 7.37. The van der Waals surface area contributed by atoms with E-state index < -0.39 is 11.9 Å². The van der Waals surface area contributed by atoms with E-state index in [1.165, 1.54) is 12.2 Å². The number of rotatable bonds is 12. The molecule has 0 saturated carbocycles. The fraction of sp³-hybridized carbons (Fsp3) is 0.0545. The molecule has 8 aromatic carbocycles. The number of carbonyl (C=O) groups excluding carboxylic acids is 2. The summed E-state index contributed by atoms with van der Waals surface area (Å²) in [7, 11) is 0. The maximum absolute atomic E-state index is 12.6. The predicted molar refractivity (Wildman–Crippen MR) is 246 cm³/mol. The molecule has 0 radical (unpaired) electrons. The number of hydrogen-bond donors (Lipinski definition) is 0. The first kappa shape index (κ1) is 41.2. The normalized spacial score (nSPS) is 12.0. The van der Waals surface area contributed by atoms with Gasteiger partial charge < -0.3 is 28.4 Å². The first-order chi connectivity index (χ1) is 31.9. The predicted octanol–water partition coefficient (Wildman–Crippen LogP) is 11.6. The SMILES string of the molecule is N#C/C(=C\c1ccc(OCc2ccc3c4c(ccc3c2)OCOc2ccc3cc(COc5ccc(/C=C(\C#N)C(=O)Oc6ccccc6)cc5)ccc3c2-4)cc1)C(=O)Oc1ccccc1. The summed E-state index contributed by atoms with van der Waals surface area (Å²) in [5.41, 5.74) is 4.88. The number of esters is 2. The topological polar surface area (TPSA) is 137 Å². The number of benzene rings is 8. The molecule has 314 valence electrons. The lowest BCUT2D eigenvalue weighted by Gasteiger charge is -2.15. The summed E-state index contributed by atoms with van der Waals surface area (Å²) >= 11 is 0. The largest absolute Gasteiger partial charge is 0.489 e. The average molecular weight is 853 g/mol. The Labute approximate surface area is 373 Å². The number of para-hydroxylation sites is 2. The van der Waals surface area contributed by atoms with Crippen LogP contribution in [0, 0.1) is 22.7 Å². The van der Waals surface area contributed by atoms with Crippen molar-refractivity contribution in [2.24, 2.45) is 0 Å². The van der Waals surface area contributed by atoms with Crippen LogP contribution in [0.3, 0.4) is 0 Å². The van der Waals surface area contributed by atoms with Crippen molar-refractivity contribution in [3.63, 3.8) is 0 Å². The van der Waals surface area contributed by atoms with Gasteiger partial charge in [0.05, 0.1) is 0 Å². The van der Waals surface area contributed by atoms with Crippen LogP contribution < -0.4 is 28.4 Å². The summed E-state index contributed by atoms with van der Waals surface area (Å²) in [4.78, 5) is 25.1. The fourth-order valence-electron chi connectivity index (χ4n) is 7.37. The summed E-state index contributed by atoms with van der Waals surface area (Å²) in [6.07, 6.45) is 2.97. The van der Waals surface area contributed by atoms with Gasteiger partial charge in [-0.3, -0.25) is 0 Å². The van der Waals surface area contributed by atoms with E-state index in [0.29, 0.717) is 47.3 Å². The van der Waals surface area contributed by atoms with Gasteiger partial charge >= 0.3 is 11.9 Å². The molecule has 0 aliphatic carbocycles. The van der Waals surface area contributed by atoms with Crippen molar-refractivity contribution in [3.05, 3.63) is 203 Å². The highest BCUT2D eigenvalue weighted by atomic mass is 16.7. The minimum absolute atomic E-state index is 0.0726. The molecule has 0 saturated heterocycles. The Morgan fingerprint density at radius 1 is 0.492 bits per heavy atom. The molecular weight excluding hydrogens is 817 g/mol. The van der Waals surface area contributed by atoms with E-state index in [1.54, 1.807) is 97.1 Å². The quantitative estimate of drug-likeness (QED) is 0.0505. The van der Waals surface area contributed by atoms with Crippen molar-refractivity contribution >= 4 is 45.6 Å². The van der Waals surface area contributed by atoms with Crippen molar-refractivity contribution in [1.29, 1.82) is 10.5 Å². The Morgan fingerprint density at radius 2 is 0.908 bits per heavy atom. The Kier molecular flexibility index (Phi) is 12.0. The van der Waals surface area contributed by atoms with Crippen LogP contribution in [0.5, 0.6) is 34.5 Å². The van der Waals surface area contributed by atoms with Crippen molar-refractivity contribution < 1.29 is 38.0 Å². The van der Waals surface area contributed by atoms with Crippen LogP contribution in [0.4, 0.5) is 0 Å². The first-order valence-electron chi connectivity index (χ1n) is 20.5. The standard InChI is InChI=1S/C55H36N2O8/c56-31-42(54(58)64-46-7-3-1-4-8-46)27-36-11-19-44(20-12-36)60-33-38-15-23-48-40(29-38)17-25-50-52(48)53-49-24-16-39(30-41(49)18-26-51(53)63-35-62-50)34-61-45-21-13-37(14-22-45)28-43(32-57)55(59)65-47-9-5-2-6-10-47/h1-30H,33-35H2/b42-27+,43-28+. The van der Waals surface area contributed by atoms with E-state index in [1.807, 2.05) is 60.7 Å². The Balaban J connectivity index is 0.881. The molecule has 1 aliphatic rings. The molecule has 8 aromatic rings. The molecule has 9 rings (SSSR count). The Bertz CT molecular complexity index is 3000. The van der Waals surface area contributed by atoms with Crippen LogP contribution in [0.2, 0.25) is 0 Å². The molecule has 0 bridgehead atoms. The first-order valence-corrected chi connectivity index (χ1v) is 20.5. The van der Waals surface area contributed by atoms with Crippen molar-refractivity contribution in [2.75, 3.05) is 6.79 Å². The summed E-state index contributed by atoms with van der Waals surface area (Å²) in [6.45, 7) is 0.700. The van der Waals surface area contributed by atoms with Gasteiger partial charge in [-0.05, 0) is 129 Å². The van der Waals surface area contributed by atoms with Gasteiger partial charge in [-0.15, -0.1) is 0 Å². The molecule has 0 N–H and O–H groups in total. The molecule has 65 heavy (non-hydrogen) atoms. The maximum Gasteiger partial charge on any atom is 0.354 e. The van der Waals surface area contributed by atoms with E-state index in [0.717, 1.165) is 55.3 Å². The lowest BCUT2D eigenvalue weighted by Crippen LogP contribution is -2.09. The molecule has 0 spiro atoms. The number of carbonyl (C=O) groups is 2. The van der Waals surface area contributed by atoms with Gasteiger partial charge in [-0.25, -0.2) is 9.59 Å². The highest BCUT2D eigenvalue weighted by Crippen LogP contribution is 2.47. The van der Waals surface area contributed by atoms with Crippen molar-refractivity contribution in [1.82, 2.24) is 0 Å². The molecule has 10 nitrogen and oxygen atoms in total. The van der Waals surface area contributed by atoms with Gasteiger partial charge in [0.2, 0.25) is 6.79 Å². The van der Waals surface area contributed by atoms with E-state index in [4.69, 9.17) is 28.4 Å². The second-order valence-corrected chi connectivity index (χ2v) is 14.9. The number of nitrogens with zero attached hydrogens (tertiary/aromatic N) is 2. The zero-order valence-electron chi connectivity index (χ0n) is 34.6. The van der Waals surface area contributed by atoms with Crippen LogP contribution in [-0.2, 0) is 22.8 Å². The summed E-state index contributed by atoms with van der Waals surface area (Å²) in [5, 5.41) is 23.2. The maximum atomic E-state index is 12.6. The summed E-state index contributed by atoms with van der Waals surface area (Å²) < 4.78 is 35.2. The second-order valence-electron chi connectivity index (χ2n) is 14.9. The van der Waals surface area contributed by atoms with Gasteiger partial charge in [0.1, 0.15) is 71.0 Å². The van der Waals surface area contributed by atoms with E-state index in [-0.39, 0.29) is 17.9 Å². The molecule has 0 atom stereocenters. The lowest BCUT2D eigenvalue weighted by atomic mass is 9.91. The van der Waals surface area contributed by atoms with Gasteiger partial charge in [-0.1, -0.05) is 97.1 Å². The molecule has 0 unspecified atom stereocenters. The molecule has 1 aliphatic heterocycles. The minimum atomic E-state index is -0.728. The molecule has 0 fully saturated rings. The number of fused-ring (bicyclic) bond motifs is 7. The van der Waals surface area contributed by atoms with Gasteiger partial charge in [0.15, 0.2) is 0 Å². The monoisotopic (exact) mass is 852 g/mol. The van der Waals surface area contributed by atoms with E-state index in [9.17, 15) is 20.1 Å². The molecular formula is C55H36N2O8. The Hall–Kier alpha value is -9.12. The summed E-state index contributed by atoms with van der Waals surface area (Å²) in [5.74, 6) is 1.97. The van der Waals surface area contributed by atoms with Crippen molar-refractivity contribution in [3.8, 4) is 57.8 Å². The second kappa shape index (κ2) is 18.9. The molecule has 1 heterocycles. The number of hydrogen-bond acceptors (Lipinski definition) is 10. The molecule has 10 heteroatoms. The van der Waals surface area contributed by atoms with Crippen LogP contribution >= 0.6 is 0 Å². The van der Waals surface area contributed by atoms with E-state index in [2.05, 4.69) is 24.3 Å². The van der Waals surface area contributed by atoms with Gasteiger partial charge in [0.25, 0.3) is 0 Å². The zero-order valence-corrected chi connectivity index (χ0v) is 34.6. The number of ether oxygens (including phenoxy) is 6. The summed E-state index contributed by atoms with van der Waals surface area (Å²) in [6, 6.07) is 55.8. The zero-order chi connectivity index (χ0) is 44.5. The smallest absolute Gasteiger partial charge is 0.354 e.